The number of aliphatic hydroxyl groups is 1. The van der Waals surface area contributed by atoms with Crippen LogP contribution in [0.2, 0.25) is 5.02 Å². The van der Waals surface area contributed by atoms with E-state index in [4.69, 9.17) is 16.3 Å². The van der Waals surface area contributed by atoms with Crippen molar-refractivity contribution in [3.8, 4) is 0 Å². The van der Waals surface area contributed by atoms with E-state index in [1.165, 1.54) is 6.33 Å². The van der Waals surface area contributed by atoms with Crippen molar-refractivity contribution in [3.05, 3.63) is 46.7 Å². The molecule has 1 fully saturated rings. The average molecular weight is 475 g/mol. The molecule has 1 saturated heterocycles. The molecule has 1 amide bonds. The van der Waals surface area contributed by atoms with Gasteiger partial charge in [0.15, 0.2) is 0 Å². The first kappa shape index (κ1) is 23.7. The molecular weight excluding hydrogens is 444 g/mol. The lowest BCUT2D eigenvalue weighted by molar-refractivity contribution is -0.0202. The van der Waals surface area contributed by atoms with Crippen LogP contribution in [0.15, 0.2) is 30.6 Å². The number of cyclic esters (lactones) is 1. The summed E-state index contributed by atoms with van der Waals surface area (Å²) in [6.45, 7) is 9.40. The second-order valence-corrected chi connectivity index (χ2v) is 9.23. The van der Waals surface area contributed by atoms with Gasteiger partial charge in [-0.05, 0) is 24.6 Å². The minimum absolute atomic E-state index is 0.0911. The summed E-state index contributed by atoms with van der Waals surface area (Å²) in [7, 11) is 0. The summed E-state index contributed by atoms with van der Waals surface area (Å²) in [5.41, 5.74) is 1.83. The Morgan fingerprint density at radius 3 is 2.58 bits per heavy atom. The number of amides is 1. The number of halogens is 1. The molecule has 33 heavy (non-hydrogen) atoms. The molecule has 178 valence electrons. The Morgan fingerprint density at radius 1 is 1.21 bits per heavy atom. The molecular formula is C23H31ClN6O3. The number of aliphatic hydroxyl groups excluding tert-OH is 1. The van der Waals surface area contributed by atoms with Gasteiger partial charge in [-0.15, -0.1) is 0 Å². The molecule has 2 unspecified atom stereocenters. The summed E-state index contributed by atoms with van der Waals surface area (Å²) in [6, 6.07) is 8.01. The number of piperazine rings is 1. The molecule has 10 heteroatoms. The van der Waals surface area contributed by atoms with Crippen molar-refractivity contribution in [1.29, 1.82) is 0 Å². The van der Waals surface area contributed by atoms with Crippen molar-refractivity contribution < 1.29 is 14.6 Å². The van der Waals surface area contributed by atoms with E-state index in [1.807, 2.05) is 31.2 Å². The summed E-state index contributed by atoms with van der Waals surface area (Å²) < 4.78 is 5.31. The van der Waals surface area contributed by atoms with Crippen LogP contribution in [0.4, 0.5) is 16.4 Å². The first-order chi connectivity index (χ1) is 15.8. The van der Waals surface area contributed by atoms with Crippen LogP contribution < -0.4 is 15.5 Å². The van der Waals surface area contributed by atoms with E-state index in [1.54, 1.807) is 0 Å². The van der Waals surface area contributed by atoms with Crippen molar-refractivity contribution >= 4 is 29.3 Å². The van der Waals surface area contributed by atoms with Crippen LogP contribution in [0, 0.1) is 0 Å². The van der Waals surface area contributed by atoms with Crippen molar-refractivity contribution in [1.82, 2.24) is 20.2 Å². The number of hydrogen-bond acceptors (Lipinski definition) is 8. The van der Waals surface area contributed by atoms with Crippen LogP contribution in [0.5, 0.6) is 0 Å². The van der Waals surface area contributed by atoms with Crippen LogP contribution in [0.25, 0.3) is 0 Å². The first-order valence-electron chi connectivity index (χ1n) is 11.3. The molecule has 3 N–H and O–H groups in total. The summed E-state index contributed by atoms with van der Waals surface area (Å²) >= 11 is 6.08. The molecule has 0 saturated carbocycles. The zero-order valence-corrected chi connectivity index (χ0v) is 19.9. The fourth-order valence-corrected chi connectivity index (χ4v) is 4.50. The highest BCUT2D eigenvalue weighted by Crippen LogP contribution is 2.35. The molecule has 1 aromatic heterocycles. The normalized spacial score (nSPS) is 20.7. The van der Waals surface area contributed by atoms with Crippen LogP contribution >= 0.6 is 11.6 Å². The monoisotopic (exact) mass is 474 g/mol. The highest BCUT2D eigenvalue weighted by Gasteiger charge is 2.33. The SMILES string of the molecule is CC(C)NC[C@H](c1ccc(Cl)cc1)C(O)N1CCN(c2ncnc3c2C(C)OC(=O)N3)CC1. The molecule has 0 radical (unpaired) electrons. The minimum Gasteiger partial charge on any atom is -0.441 e. The predicted octanol–water partition coefficient (Wildman–Crippen LogP) is 2.98. The molecule has 9 nitrogen and oxygen atoms in total. The first-order valence-corrected chi connectivity index (χ1v) is 11.7. The third-order valence-electron chi connectivity index (χ3n) is 6.17. The van der Waals surface area contributed by atoms with E-state index in [2.05, 4.69) is 44.2 Å². The lowest BCUT2D eigenvalue weighted by Gasteiger charge is -2.41. The van der Waals surface area contributed by atoms with Gasteiger partial charge < -0.3 is 20.1 Å². The fraction of sp³-hybridized carbons (Fsp3) is 0.522. The Balaban J connectivity index is 1.47. The van der Waals surface area contributed by atoms with Crippen LogP contribution in [-0.4, -0.2) is 71.1 Å². The molecule has 3 atom stereocenters. The van der Waals surface area contributed by atoms with Crippen molar-refractivity contribution in [2.75, 3.05) is 42.9 Å². The maximum absolute atomic E-state index is 11.7. The summed E-state index contributed by atoms with van der Waals surface area (Å²) in [5, 5.41) is 18.1. The standard InChI is InChI=1S/C23H31ClN6O3/c1-14(2)25-12-18(16-4-6-17(24)7-5-16)22(31)30-10-8-29(9-11-30)21-19-15(3)33-23(32)28-20(19)26-13-27-21/h4-7,13-15,18,22,25,31H,8-12H2,1-3H3,(H,26,27,28,32)/t15?,18-,22?/m1/s1. The maximum Gasteiger partial charge on any atom is 0.413 e. The second kappa shape index (κ2) is 10.2. The number of fused-ring (bicyclic) bond motifs is 1. The second-order valence-electron chi connectivity index (χ2n) is 8.79. The number of nitrogens with zero attached hydrogens (tertiary/aromatic N) is 4. The van der Waals surface area contributed by atoms with Gasteiger partial charge in [-0.1, -0.05) is 37.6 Å². The van der Waals surface area contributed by atoms with E-state index >= 15 is 0 Å². The van der Waals surface area contributed by atoms with E-state index in [0.717, 1.165) is 16.9 Å². The molecule has 0 aliphatic carbocycles. The number of hydrogen-bond donors (Lipinski definition) is 3. The van der Waals surface area contributed by atoms with Gasteiger partial charge in [-0.2, -0.15) is 0 Å². The van der Waals surface area contributed by atoms with Crippen molar-refractivity contribution in [3.63, 3.8) is 0 Å². The van der Waals surface area contributed by atoms with Crippen LogP contribution in [0.3, 0.4) is 0 Å². The van der Waals surface area contributed by atoms with Gasteiger partial charge in [-0.3, -0.25) is 10.2 Å². The third kappa shape index (κ3) is 5.38. The average Bonchev–Trinajstić information content (AvgIpc) is 2.79. The van der Waals surface area contributed by atoms with Crippen LogP contribution in [-0.2, 0) is 4.74 Å². The number of aromatic nitrogens is 2. The Kier molecular flexibility index (Phi) is 7.33. The minimum atomic E-state index is -0.638. The number of benzene rings is 1. The summed E-state index contributed by atoms with van der Waals surface area (Å²) in [6.07, 6.45) is -0.108. The Bertz CT molecular complexity index is 965. The highest BCUT2D eigenvalue weighted by atomic mass is 35.5. The highest BCUT2D eigenvalue weighted by molar-refractivity contribution is 6.30. The van der Waals surface area contributed by atoms with Gasteiger partial charge in [0.05, 0.1) is 5.56 Å². The number of carbonyl (C=O) groups excluding carboxylic acids is 1. The van der Waals surface area contributed by atoms with Crippen molar-refractivity contribution in [2.24, 2.45) is 0 Å². The molecule has 0 bridgehead atoms. The molecule has 4 rings (SSSR count). The third-order valence-corrected chi connectivity index (χ3v) is 6.42. The number of nitrogens with one attached hydrogen (secondary N) is 2. The topological polar surface area (TPSA) is 103 Å². The quantitative estimate of drug-likeness (QED) is 0.562. The molecule has 0 spiro atoms. The zero-order chi connectivity index (χ0) is 23.5. The van der Waals surface area contributed by atoms with E-state index < -0.39 is 18.4 Å². The maximum atomic E-state index is 11.7. The lowest BCUT2D eigenvalue weighted by atomic mass is 9.95. The van der Waals surface area contributed by atoms with E-state index in [-0.39, 0.29) is 5.92 Å². The lowest BCUT2D eigenvalue weighted by Crippen LogP contribution is -2.53. The number of ether oxygens (including phenoxy) is 1. The smallest absolute Gasteiger partial charge is 0.413 e. The largest absolute Gasteiger partial charge is 0.441 e. The van der Waals surface area contributed by atoms with Gasteiger partial charge in [0.1, 0.15) is 30.3 Å². The van der Waals surface area contributed by atoms with Gasteiger partial charge in [0, 0.05) is 49.7 Å². The fourth-order valence-electron chi connectivity index (χ4n) is 4.38. The van der Waals surface area contributed by atoms with Gasteiger partial charge in [0.25, 0.3) is 0 Å². The molecule has 2 aromatic rings. The van der Waals surface area contributed by atoms with Gasteiger partial charge in [0.2, 0.25) is 0 Å². The number of carbonyl (C=O) groups is 1. The summed E-state index contributed by atoms with van der Waals surface area (Å²) in [4.78, 5) is 24.6. The molecule has 1 aromatic carbocycles. The van der Waals surface area contributed by atoms with E-state index in [0.29, 0.717) is 49.6 Å². The predicted molar refractivity (Wildman–Crippen MR) is 128 cm³/mol. The zero-order valence-electron chi connectivity index (χ0n) is 19.2. The Morgan fingerprint density at radius 2 is 1.91 bits per heavy atom. The Labute approximate surface area is 199 Å². The van der Waals surface area contributed by atoms with Gasteiger partial charge in [-0.25, -0.2) is 14.8 Å². The van der Waals surface area contributed by atoms with Crippen LogP contribution in [0.1, 0.15) is 43.9 Å². The molecule has 2 aliphatic heterocycles. The number of rotatable bonds is 7. The number of anilines is 2. The molecule has 2 aliphatic rings. The Hall–Kier alpha value is -2.46. The summed E-state index contributed by atoms with van der Waals surface area (Å²) in [5.74, 6) is 1.16. The van der Waals surface area contributed by atoms with Crippen molar-refractivity contribution in [2.45, 2.75) is 45.1 Å². The molecule has 3 heterocycles. The van der Waals surface area contributed by atoms with E-state index in [9.17, 15) is 9.90 Å². The van der Waals surface area contributed by atoms with Gasteiger partial charge >= 0.3 is 6.09 Å².